The van der Waals surface area contributed by atoms with Gasteiger partial charge in [0.25, 0.3) is 0 Å². The fraction of sp³-hybridized carbons (Fsp3) is 0.500. The molecule has 0 bridgehead atoms. The first-order valence-electron chi connectivity index (χ1n) is 4.38. The highest BCUT2D eigenvalue weighted by molar-refractivity contribution is 6.28. The Morgan fingerprint density at radius 3 is 3.21 bits per heavy atom. The molecule has 1 unspecified atom stereocenters. The highest BCUT2D eigenvalue weighted by Crippen LogP contribution is 2.19. The van der Waals surface area contributed by atoms with Crippen molar-refractivity contribution in [1.82, 2.24) is 9.97 Å². The van der Waals surface area contributed by atoms with Crippen LogP contribution in [0.15, 0.2) is 6.20 Å². The lowest BCUT2D eigenvalue weighted by atomic mass is 10.2. The number of nitrogen functional groups attached to an aromatic ring is 1. The molecule has 0 amide bonds. The van der Waals surface area contributed by atoms with Crippen molar-refractivity contribution < 1.29 is 4.74 Å². The number of hydrogen-bond donors (Lipinski definition) is 2. The van der Waals surface area contributed by atoms with Gasteiger partial charge in [-0.2, -0.15) is 4.98 Å². The Hall–Kier alpha value is -1.07. The second kappa shape index (κ2) is 3.98. The average Bonchev–Trinajstić information content (AvgIpc) is 2.64. The topological polar surface area (TPSA) is 73.1 Å². The van der Waals surface area contributed by atoms with E-state index in [0.717, 1.165) is 13.0 Å². The monoisotopic (exact) mass is 214 g/mol. The molecule has 1 fully saturated rings. The molecule has 76 valence electrons. The summed E-state index contributed by atoms with van der Waals surface area (Å²) in [6, 6.07) is 0.267. The normalized spacial score (nSPS) is 21.1. The van der Waals surface area contributed by atoms with Crippen molar-refractivity contribution in [3.63, 3.8) is 0 Å². The van der Waals surface area contributed by atoms with Gasteiger partial charge in [0, 0.05) is 6.61 Å². The largest absolute Gasteiger partial charge is 0.394 e. The molecule has 0 aromatic carbocycles. The van der Waals surface area contributed by atoms with Gasteiger partial charge in [0.1, 0.15) is 0 Å². The molecule has 3 N–H and O–H groups in total. The summed E-state index contributed by atoms with van der Waals surface area (Å²) in [5, 5.41) is 3.36. The van der Waals surface area contributed by atoms with Crippen LogP contribution in [0, 0.1) is 0 Å². The number of halogens is 1. The van der Waals surface area contributed by atoms with Gasteiger partial charge >= 0.3 is 0 Å². The summed E-state index contributed by atoms with van der Waals surface area (Å²) in [5.41, 5.74) is 6.18. The van der Waals surface area contributed by atoms with Crippen LogP contribution in [0.25, 0.3) is 0 Å². The SMILES string of the molecule is Nc1cnc(Cl)nc1NC1CCOC1. The van der Waals surface area contributed by atoms with Crippen LogP contribution in [0.1, 0.15) is 6.42 Å². The predicted octanol–water partition coefficient (Wildman–Crippen LogP) is 0.913. The minimum Gasteiger partial charge on any atom is -0.394 e. The van der Waals surface area contributed by atoms with E-state index in [-0.39, 0.29) is 11.3 Å². The Morgan fingerprint density at radius 1 is 1.64 bits per heavy atom. The van der Waals surface area contributed by atoms with Crippen molar-refractivity contribution in [1.29, 1.82) is 0 Å². The molecule has 14 heavy (non-hydrogen) atoms. The van der Waals surface area contributed by atoms with Gasteiger partial charge in [0.15, 0.2) is 5.82 Å². The van der Waals surface area contributed by atoms with Crippen molar-refractivity contribution in [2.75, 3.05) is 24.3 Å². The van der Waals surface area contributed by atoms with Crippen molar-refractivity contribution in [3.8, 4) is 0 Å². The number of hydrogen-bond acceptors (Lipinski definition) is 5. The minimum atomic E-state index is 0.195. The van der Waals surface area contributed by atoms with Crippen LogP contribution >= 0.6 is 11.6 Å². The van der Waals surface area contributed by atoms with Crippen LogP contribution in [-0.4, -0.2) is 29.2 Å². The van der Waals surface area contributed by atoms with E-state index in [9.17, 15) is 0 Å². The minimum absolute atomic E-state index is 0.195. The highest BCUT2D eigenvalue weighted by Gasteiger charge is 2.16. The van der Waals surface area contributed by atoms with Gasteiger partial charge in [-0.1, -0.05) is 0 Å². The average molecular weight is 215 g/mol. The standard InChI is InChI=1S/C8H11ClN4O/c9-8-11-3-6(10)7(13-8)12-5-1-2-14-4-5/h3,5H,1-2,4,10H2,(H,11,12,13). The molecule has 1 atom stereocenters. The first-order chi connectivity index (χ1) is 6.75. The highest BCUT2D eigenvalue weighted by atomic mass is 35.5. The summed E-state index contributed by atoms with van der Waals surface area (Å²) in [5.74, 6) is 0.584. The molecular weight excluding hydrogens is 204 g/mol. The maximum atomic E-state index is 5.68. The first-order valence-corrected chi connectivity index (χ1v) is 4.76. The lowest BCUT2D eigenvalue weighted by Gasteiger charge is -2.12. The van der Waals surface area contributed by atoms with Gasteiger partial charge in [-0.15, -0.1) is 0 Å². The zero-order valence-electron chi connectivity index (χ0n) is 7.53. The van der Waals surface area contributed by atoms with Gasteiger partial charge in [-0.3, -0.25) is 0 Å². The van der Waals surface area contributed by atoms with Gasteiger partial charge in [-0.05, 0) is 18.0 Å². The molecule has 5 nitrogen and oxygen atoms in total. The summed E-state index contributed by atoms with van der Waals surface area (Å²) in [4.78, 5) is 7.77. The third kappa shape index (κ3) is 2.05. The second-order valence-electron chi connectivity index (χ2n) is 3.15. The van der Waals surface area contributed by atoms with E-state index >= 15 is 0 Å². The zero-order chi connectivity index (χ0) is 9.97. The number of aromatic nitrogens is 2. The molecule has 1 aliphatic rings. The van der Waals surface area contributed by atoms with Gasteiger partial charge in [0.05, 0.1) is 24.5 Å². The number of ether oxygens (including phenoxy) is 1. The van der Waals surface area contributed by atoms with Crippen molar-refractivity contribution in [3.05, 3.63) is 11.5 Å². The van der Waals surface area contributed by atoms with E-state index in [0.29, 0.717) is 18.1 Å². The number of anilines is 2. The summed E-state index contributed by atoms with van der Waals surface area (Å²) >= 11 is 5.65. The van der Waals surface area contributed by atoms with Crippen molar-refractivity contribution in [2.24, 2.45) is 0 Å². The smallest absolute Gasteiger partial charge is 0.224 e. The Morgan fingerprint density at radius 2 is 2.50 bits per heavy atom. The summed E-state index contributed by atoms with van der Waals surface area (Å²) in [6.45, 7) is 1.46. The molecule has 2 heterocycles. The van der Waals surface area contributed by atoms with Crippen LogP contribution in [0.3, 0.4) is 0 Å². The van der Waals surface area contributed by atoms with Crippen molar-refractivity contribution in [2.45, 2.75) is 12.5 Å². The van der Waals surface area contributed by atoms with Crippen molar-refractivity contribution >= 4 is 23.1 Å². The molecule has 1 aromatic rings. The lowest BCUT2D eigenvalue weighted by molar-refractivity contribution is 0.195. The van der Waals surface area contributed by atoms with E-state index in [4.69, 9.17) is 22.1 Å². The van der Waals surface area contributed by atoms with Crippen LogP contribution in [0.4, 0.5) is 11.5 Å². The summed E-state index contributed by atoms with van der Waals surface area (Å²) in [7, 11) is 0. The van der Waals surface area contributed by atoms with Gasteiger partial charge in [-0.25, -0.2) is 4.98 Å². The second-order valence-corrected chi connectivity index (χ2v) is 3.49. The van der Waals surface area contributed by atoms with E-state index in [2.05, 4.69) is 15.3 Å². The number of nitrogens with one attached hydrogen (secondary N) is 1. The predicted molar refractivity (Wildman–Crippen MR) is 54.3 cm³/mol. The molecule has 2 rings (SSSR count). The molecule has 0 spiro atoms. The molecule has 0 saturated carbocycles. The van der Waals surface area contributed by atoms with Gasteiger partial charge < -0.3 is 15.8 Å². The molecular formula is C8H11ClN4O. The van der Waals surface area contributed by atoms with Gasteiger partial charge in [0.2, 0.25) is 5.28 Å². The third-order valence-electron chi connectivity index (χ3n) is 2.06. The molecule has 1 aromatic heterocycles. The summed E-state index contributed by atoms with van der Waals surface area (Å²) < 4.78 is 5.22. The molecule has 1 aliphatic heterocycles. The number of nitrogens with zero attached hydrogens (tertiary/aromatic N) is 2. The molecule has 0 radical (unpaired) electrons. The van der Waals surface area contributed by atoms with Crippen LogP contribution in [0.5, 0.6) is 0 Å². The Bertz CT molecular complexity index is 327. The lowest BCUT2D eigenvalue weighted by Crippen LogP contribution is -2.20. The number of rotatable bonds is 2. The zero-order valence-corrected chi connectivity index (χ0v) is 8.29. The number of nitrogens with two attached hydrogens (primary N) is 1. The van der Waals surface area contributed by atoms with Crippen LogP contribution < -0.4 is 11.1 Å². The van der Waals surface area contributed by atoms with E-state index in [1.54, 1.807) is 0 Å². The quantitative estimate of drug-likeness (QED) is 0.716. The Balaban J connectivity index is 2.10. The Kier molecular flexibility index (Phi) is 2.69. The molecule has 6 heteroatoms. The fourth-order valence-corrected chi connectivity index (χ4v) is 1.46. The molecule has 1 saturated heterocycles. The Labute approximate surface area is 86.6 Å². The summed E-state index contributed by atoms with van der Waals surface area (Å²) in [6.07, 6.45) is 2.45. The third-order valence-corrected chi connectivity index (χ3v) is 2.24. The van der Waals surface area contributed by atoms with E-state index in [1.807, 2.05) is 0 Å². The maximum Gasteiger partial charge on any atom is 0.224 e. The molecule has 0 aliphatic carbocycles. The van der Waals surface area contributed by atoms with Crippen LogP contribution in [0.2, 0.25) is 5.28 Å². The maximum absolute atomic E-state index is 5.68. The van der Waals surface area contributed by atoms with E-state index < -0.39 is 0 Å². The first kappa shape index (κ1) is 9.48. The van der Waals surface area contributed by atoms with E-state index in [1.165, 1.54) is 6.20 Å². The van der Waals surface area contributed by atoms with Crippen LogP contribution in [-0.2, 0) is 4.74 Å². The fourth-order valence-electron chi connectivity index (χ4n) is 1.33.